The first kappa shape index (κ1) is 13.7. The van der Waals surface area contributed by atoms with Crippen LogP contribution in [0.5, 0.6) is 17.2 Å². The van der Waals surface area contributed by atoms with E-state index in [1.54, 1.807) is 19.5 Å². The summed E-state index contributed by atoms with van der Waals surface area (Å²) in [6.07, 6.45) is 3.61. The lowest BCUT2D eigenvalue weighted by atomic mass is 10.1. The number of hydrogen-bond acceptors (Lipinski definition) is 5. The van der Waals surface area contributed by atoms with Crippen LogP contribution in [0.3, 0.4) is 0 Å². The molecule has 3 rings (SSSR count). The standard InChI is InChI=1S/C16H18N2O3/c1-11(13-3-5-17-6-4-13)18-9-12-7-14(19-2)16-15(8-12)20-10-21-16/h3-8,11,18H,9-10H2,1-2H3/t11-/m1/s1. The predicted molar refractivity (Wildman–Crippen MR) is 78.6 cm³/mol. The van der Waals surface area contributed by atoms with Gasteiger partial charge in [-0.15, -0.1) is 0 Å². The maximum atomic E-state index is 5.43. The largest absolute Gasteiger partial charge is 0.493 e. The molecule has 5 heteroatoms. The molecule has 5 nitrogen and oxygen atoms in total. The zero-order valence-corrected chi connectivity index (χ0v) is 12.1. The monoisotopic (exact) mass is 286 g/mol. The van der Waals surface area contributed by atoms with E-state index in [0.29, 0.717) is 11.5 Å². The second-order valence-corrected chi connectivity index (χ2v) is 4.92. The number of nitrogens with zero attached hydrogens (tertiary/aromatic N) is 1. The number of nitrogens with one attached hydrogen (secondary N) is 1. The topological polar surface area (TPSA) is 52.6 Å². The summed E-state index contributed by atoms with van der Waals surface area (Å²) in [7, 11) is 1.63. The van der Waals surface area contributed by atoms with E-state index >= 15 is 0 Å². The predicted octanol–water partition coefficient (Wildman–Crippen LogP) is 2.67. The molecule has 0 spiro atoms. The number of pyridine rings is 1. The van der Waals surface area contributed by atoms with Gasteiger partial charge in [0.05, 0.1) is 7.11 Å². The summed E-state index contributed by atoms with van der Waals surface area (Å²) in [6, 6.07) is 8.22. The van der Waals surface area contributed by atoms with E-state index in [9.17, 15) is 0 Å². The van der Waals surface area contributed by atoms with Crippen LogP contribution in [0.25, 0.3) is 0 Å². The van der Waals surface area contributed by atoms with Crippen LogP contribution in [0, 0.1) is 0 Å². The number of benzene rings is 1. The number of hydrogen-bond donors (Lipinski definition) is 1. The first-order valence-electron chi connectivity index (χ1n) is 6.87. The molecular weight excluding hydrogens is 268 g/mol. The molecule has 2 aromatic rings. The lowest BCUT2D eigenvalue weighted by Gasteiger charge is -2.15. The third-order valence-corrected chi connectivity index (χ3v) is 3.54. The van der Waals surface area contributed by atoms with Crippen LogP contribution in [0.15, 0.2) is 36.7 Å². The van der Waals surface area contributed by atoms with Crippen molar-refractivity contribution in [3.05, 3.63) is 47.8 Å². The van der Waals surface area contributed by atoms with Crippen LogP contribution in [-0.2, 0) is 6.54 Å². The molecule has 110 valence electrons. The average Bonchev–Trinajstić information content (AvgIpc) is 3.01. The molecule has 0 aliphatic carbocycles. The van der Waals surface area contributed by atoms with E-state index in [4.69, 9.17) is 14.2 Å². The summed E-state index contributed by atoms with van der Waals surface area (Å²) in [6.45, 7) is 3.09. The summed E-state index contributed by atoms with van der Waals surface area (Å²) in [5.41, 5.74) is 2.30. The van der Waals surface area contributed by atoms with E-state index in [2.05, 4.69) is 17.2 Å². The average molecular weight is 286 g/mol. The van der Waals surface area contributed by atoms with Gasteiger partial charge in [0, 0.05) is 25.0 Å². The molecule has 0 bridgehead atoms. The number of ether oxygens (including phenoxy) is 3. The van der Waals surface area contributed by atoms with Gasteiger partial charge in [0.25, 0.3) is 0 Å². The highest BCUT2D eigenvalue weighted by Gasteiger charge is 2.20. The number of aromatic nitrogens is 1. The van der Waals surface area contributed by atoms with Gasteiger partial charge in [0.15, 0.2) is 11.5 Å². The molecule has 0 saturated carbocycles. The Balaban J connectivity index is 1.71. The molecule has 1 atom stereocenters. The maximum Gasteiger partial charge on any atom is 0.231 e. The smallest absolute Gasteiger partial charge is 0.231 e. The van der Waals surface area contributed by atoms with Crippen LogP contribution in [-0.4, -0.2) is 18.9 Å². The molecule has 1 aliphatic heterocycles. The molecule has 1 aromatic carbocycles. The van der Waals surface area contributed by atoms with Gasteiger partial charge in [0.1, 0.15) is 0 Å². The Bertz CT molecular complexity index is 616. The van der Waals surface area contributed by atoms with Crippen molar-refractivity contribution in [3.8, 4) is 17.2 Å². The fraction of sp³-hybridized carbons (Fsp3) is 0.312. The summed E-state index contributed by atoms with van der Waals surface area (Å²) >= 11 is 0. The van der Waals surface area contributed by atoms with Gasteiger partial charge in [-0.2, -0.15) is 0 Å². The Morgan fingerprint density at radius 3 is 2.86 bits per heavy atom. The highest BCUT2D eigenvalue weighted by atomic mass is 16.7. The molecule has 0 radical (unpaired) electrons. The Kier molecular flexibility index (Phi) is 3.92. The van der Waals surface area contributed by atoms with Gasteiger partial charge in [-0.05, 0) is 42.3 Å². The van der Waals surface area contributed by atoms with Gasteiger partial charge in [-0.3, -0.25) is 4.98 Å². The van der Waals surface area contributed by atoms with Gasteiger partial charge < -0.3 is 19.5 Å². The van der Waals surface area contributed by atoms with Crippen molar-refractivity contribution in [1.82, 2.24) is 10.3 Å². The minimum Gasteiger partial charge on any atom is -0.493 e. The SMILES string of the molecule is COc1cc(CN[C@H](C)c2ccncc2)cc2c1OCO2. The van der Waals surface area contributed by atoms with Crippen LogP contribution in [0.2, 0.25) is 0 Å². The zero-order valence-electron chi connectivity index (χ0n) is 12.1. The second kappa shape index (κ2) is 6.01. The van der Waals surface area contributed by atoms with Crippen LogP contribution < -0.4 is 19.5 Å². The van der Waals surface area contributed by atoms with Crippen molar-refractivity contribution in [2.75, 3.05) is 13.9 Å². The molecule has 1 N–H and O–H groups in total. The molecular formula is C16H18N2O3. The highest BCUT2D eigenvalue weighted by Crippen LogP contribution is 2.41. The third-order valence-electron chi connectivity index (χ3n) is 3.54. The number of rotatable bonds is 5. The van der Waals surface area contributed by atoms with Gasteiger partial charge >= 0.3 is 0 Å². The first-order valence-corrected chi connectivity index (χ1v) is 6.87. The molecule has 0 fully saturated rings. The minimum absolute atomic E-state index is 0.240. The van der Waals surface area contributed by atoms with E-state index in [-0.39, 0.29) is 12.8 Å². The van der Waals surface area contributed by atoms with Crippen LogP contribution in [0.1, 0.15) is 24.1 Å². The molecule has 0 unspecified atom stereocenters. The number of methoxy groups -OCH3 is 1. The Hall–Kier alpha value is -2.27. The Morgan fingerprint density at radius 1 is 1.29 bits per heavy atom. The Morgan fingerprint density at radius 2 is 2.10 bits per heavy atom. The Labute approximate surface area is 123 Å². The number of fused-ring (bicyclic) bond motifs is 1. The van der Waals surface area contributed by atoms with Crippen molar-refractivity contribution >= 4 is 0 Å². The quantitative estimate of drug-likeness (QED) is 0.915. The van der Waals surface area contributed by atoms with E-state index in [1.807, 2.05) is 24.3 Å². The summed E-state index contributed by atoms with van der Waals surface area (Å²) < 4.78 is 16.2. The lowest BCUT2D eigenvalue weighted by molar-refractivity contribution is 0.171. The fourth-order valence-corrected chi connectivity index (χ4v) is 2.33. The normalized spacial score (nSPS) is 14.0. The summed E-state index contributed by atoms with van der Waals surface area (Å²) in [5.74, 6) is 2.13. The van der Waals surface area contributed by atoms with Gasteiger partial charge in [-0.1, -0.05) is 0 Å². The molecule has 1 aliphatic rings. The van der Waals surface area contributed by atoms with Crippen LogP contribution >= 0.6 is 0 Å². The minimum atomic E-state index is 0.240. The molecule has 2 heterocycles. The van der Waals surface area contributed by atoms with Crippen molar-refractivity contribution in [2.45, 2.75) is 19.5 Å². The zero-order chi connectivity index (χ0) is 14.7. The third kappa shape index (κ3) is 2.92. The molecule has 0 amide bonds. The molecule has 1 aromatic heterocycles. The van der Waals surface area contributed by atoms with Crippen molar-refractivity contribution in [2.24, 2.45) is 0 Å². The van der Waals surface area contributed by atoms with E-state index in [1.165, 1.54) is 5.56 Å². The molecule has 21 heavy (non-hydrogen) atoms. The fourth-order valence-electron chi connectivity index (χ4n) is 2.33. The molecule has 0 saturated heterocycles. The van der Waals surface area contributed by atoms with Crippen molar-refractivity contribution < 1.29 is 14.2 Å². The van der Waals surface area contributed by atoms with E-state index < -0.39 is 0 Å². The van der Waals surface area contributed by atoms with Crippen molar-refractivity contribution in [1.29, 1.82) is 0 Å². The van der Waals surface area contributed by atoms with E-state index in [0.717, 1.165) is 17.9 Å². The maximum absolute atomic E-state index is 5.43. The summed E-state index contributed by atoms with van der Waals surface area (Å²) in [4.78, 5) is 4.03. The van der Waals surface area contributed by atoms with Gasteiger partial charge in [-0.25, -0.2) is 0 Å². The lowest BCUT2D eigenvalue weighted by Crippen LogP contribution is -2.18. The van der Waals surface area contributed by atoms with Gasteiger partial charge in [0.2, 0.25) is 12.5 Å². The highest BCUT2D eigenvalue weighted by molar-refractivity contribution is 5.55. The van der Waals surface area contributed by atoms with Crippen molar-refractivity contribution in [3.63, 3.8) is 0 Å². The first-order chi connectivity index (χ1) is 10.3. The summed E-state index contributed by atoms with van der Waals surface area (Å²) in [5, 5.41) is 3.48. The van der Waals surface area contributed by atoms with Crippen LogP contribution in [0.4, 0.5) is 0 Å². The second-order valence-electron chi connectivity index (χ2n) is 4.92.